The fraction of sp³-hybridized carbons (Fsp3) is 0.538. The van der Waals surface area contributed by atoms with Crippen LogP contribution in [0.25, 0.3) is 0 Å². The van der Waals surface area contributed by atoms with Crippen molar-refractivity contribution in [3.8, 4) is 0 Å². The van der Waals surface area contributed by atoms with Crippen LogP contribution in [-0.2, 0) is 0 Å². The van der Waals surface area contributed by atoms with Crippen molar-refractivity contribution in [2.24, 2.45) is 0 Å². The lowest BCUT2D eigenvalue weighted by atomic mass is 10.2. The maximum absolute atomic E-state index is 13.7. The maximum atomic E-state index is 13.7. The van der Waals surface area contributed by atoms with Crippen molar-refractivity contribution in [3.63, 3.8) is 0 Å². The largest absolute Gasteiger partial charge is 0.368 e. The summed E-state index contributed by atoms with van der Waals surface area (Å²) < 4.78 is 26.6. The summed E-state index contributed by atoms with van der Waals surface area (Å²) in [4.78, 5) is 2.00. The van der Waals surface area contributed by atoms with E-state index < -0.39 is 11.6 Å². The Bertz CT molecular complexity index is 382. The second-order valence-electron chi connectivity index (χ2n) is 4.45. The van der Waals surface area contributed by atoms with Crippen molar-refractivity contribution in [2.75, 3.05) is 24.5 Å². The van der Waals surface area contributed by atoms with Crippen LogP contribution >= 0.6 is 0 Å². The average Bonchev–Trinajstić information content (AvgIpc) is 2.54. The minimum absolute atomic E-state index is 0.377. The summed E-state index contributed by atoms with van der Waals surface area (Å²) in [6, 6.07) is 4.18. The van der Waals surface area contributed by atoms with Gasteiger partial charge in [-0.2, -0.15) is 0 Å². The van der Waals surface area contributed by atoms with Gasteiger partial charge in [0.1, 0.15) is 11.6 Å². The Morgan fingerprint density at radius 2 is 2.24 bits per heavy atom. The molecule has 0 aliphatic carbocycles. The van der Waals surface area contributed by atoms with E-state index in [4.69, 9.17) is 0 Å². The lowest BCUT2D eigenvalue weighted by molar-refractivity contribution is 0.524. The van der Waals surface area contributed by atoms with Gasteiger partial charge < -0.3 is 10.2 Å². The standard InChI is InChI=1S/C13H18F2N2/c1-2-11-9-17(7-3-6-16-11)13-5-4-10(14)8-12(13)15/h4-5,8,11,16H,2-3,6-7,9H2,1H3. The third-order valence-electron chi connectivity index (χ3n) is 3.22. The van der Waals surface area contributed by atoms with Crippen LogP contribution in [-0.4, -0.2) is 25.7 Å². The fourth-order valence-electron chi connectivity index (χ4n) is 2.23. The molecule has 1 unspecified atom stereocenters. The Hall–Kier alpha value is -1.16. The summed E-state index contributed by atoms with van der Waals surface area (Å²) in [5.74, 6) is -0.993. The molecule has 1 aliphatic rings. The highest BCUT2D eigenvalue weighted by Crippen LogP contribution is 2.21. The van der Waals surface area contributed by atoms with E-state index in [9.17, 15) is 8.78 Å². The molecule has 0 bridgehead atoms. The predicted octanol–water partition coefficient (Wildman–Crippen LogP) is 2.54. The summed E-state index contributed by atoms with van der Waals surface area (Å²) in [5, 5.41) is 3.42. The molecule has 1 saturated heterocycles. The van der Waals surface area contributed by atoms with Crippen LogP contribution in [0.4, 0.5) is 14.5 Å². The normalized spacial score (nSPS) is 21.4. The third kappa shape index (κ3) is 2.94. The molecular formula is C13H18F2N2. The van der Waals surface area contributed by atoms with E-state index in [1.54, 1.807) is 0 Å². The molecule has 17 heavy (non-hydrogen) atoms. The van der Waals surface area contributed by atoms with Crippen molar-refractivity contribution in [1.82, 2.24) is 5.32 Å². The lowest BCUT2D eigenvalue weighted by Crippen LogP contribution is -2.37. The van der Waals surface area contributed by atoms with E-state index in [1.165, 1.54) is 12.1 Å². The van der Waals surface area contributed by atoms with Crippen LogP contribution in [0.2, 0.25) is 0 Å². The van der Waals surface area contributed by atoms with Gasteiger partial charge in [-0.25, -0.2) is 8.78 Å². The van der Waals surface area contributed by atoms with Crippen molar-refractivity contribution in [3.05, 3.63) is 29.8 Å². The van der Waals surface area contributed by atoms with E-state index in [1.807, 2.05) is 4.90 Å². The van der Waals surface area contributed by atoms with Gasteiger partial charge in [0, 0.05) is 25.2 Å². The molecule has 1 atom stereocenters. The van der Waals surface area contributed by atoms with Gasteiger partial charge in [0.05, 0.1) is 5.69 Å². The summed E-state index contributed by atoms with van der Waals surface area (Å²) in [6.07, 6.45) is 1.99. The van der Waals surface area contributed by atoms with Crippen LogP contribution in [0, 0.1) is 11.6 Å². The Morgan fingerprint density at radius 1 is 1.41 bits per heavy atom. The zero-order valence-electron chi connectivity index (χ0n) is 10.0. The highest BCUT2D eigenvalue weighted by molar-refractivity contribution is 5.48. The Morgan fingerprint density at radius 3 is 2.94 bits per heavy atom. The van der Waals surface area contributed by atoms with Gasteiger partial charge >= 0.3 is 0 Å². The first-order valence-electron chi connectivity index (χ1n) is 6.14. The van der Waals surface area contributed by atoms with Gasteiger partial charge in [-0.15, -0.1) is 0 Å². The predicted molar refractivity (Wildman–Crippen MR) is 65.3 cm³/mol. The monoisotopic (exact) mass is 240 g/mol. The maximum Gasteiger partial charge on any atom is 0.149 e. The molecule has 4 heteroatoms. The number of benzene rings is 1. The molecule has 1 N–H and O–H groups in total. The summed E-state index contributed by atoms with van der Waals surface area (Å²) in [5.41, 5.74) is 0.508. The lowest BCUT2D eigenvalue weighted by Gasteiger charge is -2.26. The van der Waals surface area contributed by atoms with Crippen LogP contribution < -0.4 is 10.2 Å². The fourth-order valence-corrected chi connectivity index (χ4v) is 2.23. The minimum atomic E-state index is -0.522. The first-order chi connectivity index (χ1) is 8.20. The summed E-state index contributed by atoms with van der Waals surface area (Å²) >= 11 is 0. The Kier molecular flexibility index (Phi) is 3.94. The smallest absolute Gasteiger partial charge is 0.149 e. The Balaban J connectivity index is 2.19. The summed E-state index contributed by atoms with van der Waals surface area (Å²) in [6.45, 7) is 4.66. The molecule has 0 radical (unpaired) electrons. The van der Waals surface area contributed by atoms with E-state index in [0.29, 0.717) is 11.7 Å². The number of hydrogen-bond acceptors (Lipinski definition) is 2. The van der Waals surface area contributed by atoms with Crippen molar-refractivity contribution >= 4 is 5.69 Å². The summed E-state index contributed by atoms with van der Waals surface area (Å²) in [7, 11) is 0. The van der Waals surface area contributed by atoms with E-state index in [-0.39, 0.29) is 0 Å². The van der Waals surface area contributed by atoms with Gasteiger partial charge in [-0.3, -0.25) is 0 Å². The SMILES string of the molecule is CCC1CN(c2ccc(F)cc2F)CCCN1. The average molecular weight is 240 g/mol. The number of halogens is 2. The molecule has 1 fully saturated rings. The van der Waals surface area contributed by atoms with E-state index in [0.717, 1.165) is 38.5 Å². The van der Waals surface area contributed by atoms with Gasteiger partial charge in [-0.1, -0.05) is 6.92 Å². The van der Waals surface area contributed by atoms with Crippen LogP contribution in [0.1, 0.15) is 19.8 Å². The topological polar surface area (TPSA) is 15.3 Å². The number of anilines is 1. The van der Waals surface area contributed by atoms with Gasteiger partial charge in [0.15, 0.2) is 0 Å². The van der Waals surface area contributed by atoms with Crippen molar-refractivity contribution < 1.29 is 8.78 Å². The number of hydrogen-bond donors (Lipinski definition) is 1. The number of nitrogens with zero attached hydrogens (tertiary/aromatic N) is 1. The van der Waals surface area contributed by atoms with Gasteiger partial charge in [-0.05, 0) is 31.5 Å². The highest BCUT2D eigenvalue weighted by atomic mass is 19.1. The molecule has 0 amide bonds. The van der Waals surface area contributed by atoms with Crippen LogP contribution in [0.5, 0.6) is 0 Å². The molecule has 0 spiro atoms. The molecule has 2 rings (SSSR count). The molecule has 1 aromatic rings. The first kappa shape index (κ1) is 12.3. The molecule has 0 aromatic heterocycles. The second kappa shape index (κ2) is 5.45. The third-order valence-corrected chi connectivity index (χ3v) is 3.22. The molecule has 1 aliphatic heterocycles. The molecule has 1 aromatic carbocycles. The number of rotatable bonds is 2. The molecule has 2 nitrogen and oxygen atoms in total. The van der Waals surface area contributed by atoms with Crippen LogP contribution in [0.15, 0.2) is 18.2 Å². The molecule has 94 valence electrons. The van der Waals surface area contributed by atoms with E-state index in [2.05, 4.69) is 12.2 Å². The Labute approximate surface area is 101 Å². The molecule has 0 saturated carbocycles. The second-order valence-corrected chi connectivity index (χ2v) is 4.45. The zero-order chi connectivity index (χ0) is 12.3. The molecular weight excluding hydrogens is 222 g/mol. The van der Waals surface area contributed by atoms with Gasteiger partial charge in [0.2, 0.25) is 0 Å². The molecule has 1 heterocycles. The van der Waals surface area contributed by atoms with E-state index >= 15 is 0 Å². The van der Waals surface area contributed by atoms with Gasteiger partial charge in [0.25, 0.3) is 0 Å². The first-order valence-corrected chi connectivity index (χ1v) is 6.14. The zero-order valence-corrected chi connectivity index (χ0v) is 10.0. The van der Waals surface area contributed by atoms with Crippen molar-refractivity contribution in [1.29, 1.82) is 0 Å². The van der Waals surface area contributed by atoms with Crippen molar-refractivity contribution in [2.45, 2.75) is 25.8 Å². The number of nitrogens with one attached hydrogen (secondary N) is 1. The minimum Gasteiger partial charge on any atom is -0.368 e. The van der Waals surface area contributed by atoms with Crippen LogP contribution in [0.3, 0.4) is 0 Å². The quantitative estimate of drug-likeness (QED) is 0.854. The highest BCUT2D eigenvalue weighted by Gasteiger charge is 2.19.